The van der Waals surface area contributed by atoms with Crippen LogP contribution in [0.4, 0.5) is 13.2 Å². The number of carbonyl (C=O) groups is 1. The summed E-state index contributed by atoms with van der Waals surface area (Å²) in [6, 6.07) is 9.62. The number of benzene rings is 1. The fourth-order valence-electron chi connectivity index (χ4n) is 2.85. The van der Waals surface area contributed by atoms with E-state index < -0.39 is 24.9 Å². The van der Waals surface area contributed by atoms with E-state index in [-0.39, 0.29) is 5.56 Å². The van der Waals surface area contributed by atoms with Crippen LogP contribution in [0.25, 0.3) is 11.3 Å². The summed E-state index contributed by atoms with van der Waals surface area (Å²) in [6.07, 6.45) is 0.410. The minimum absolute atomic E-state index is 0.0112. The van der Waals surface area contributed by atoms with Crippen LogP contribution in [-0.2, 0) is 9.47 Å². The van der Waals surface area contributed by atoms with Crippen molar-refractivity contribution in [2.45, 2.75) is 51.3 Å². The number of ether oxygens (including phenoxy) is 3. The molecule has 0 N–H and O–H groups in total. The highest BCUT2D eigenvalue weighted by Crippen LogP contribution is 2.25. The summed E-state index contributed by atoms with van der Waals surface area (Å²) >= 11 is 0. The molecule has 0 saturated carbocycles. The zero-order valence-corrected chi connectivity index (χ0v) is 17.8. The molecule has 5 nitrogen and oxygen atoms in total. The molecule has 2 rings (SSSR count). The average molecular weight is 439 g/mol. The number of hydrogen-bond acceptors (Lipinski definition) is 5. The van der Waals surface area contributed by atoms with Gasteiger partial charge in [-0.1, -0.05) is 44.7 Å². The first-order valence-electron chi connectivity index (χ1n) is 10.3. The lowest BCUT2D eigenvalue weighted by atomic mass is 10.1. The summed E-state index contributed by atoms with van der Waals surface area (Å²) < 4.78 is 53.3. The molecule has 1 aromatic heterocycles. The third-order valence-electron chi connectivity index (χ3n) is 4.60. The molecule has 8 heteroatoms. The molecule has 0 aliphatic rings. The van der Waals surface area contributed by atoms with Crippen LogP contribution in [0.5, 0.6) is 5.75 Å². The Morgan fingerprint density at radius 1 is 1.03 bits per heavy atom. The number of halogens is 3. The van der Waals surface area contributed by atoms with Crippen LogP contribution in [0.1, 0.15) is 49.4 Å². The molecule has 0 aliphatic heterocycles. The number of alkyl halides is 3. The summed E-state index contributed by atoms with van der Waals surface area (Å²) in [4.78, 5) is 16.4. The summed E-state index contributed by atoms with van der Waals surface area (Å²) in [5, 5.41) is 0. The largest absolute Gasteiger partial charge is 0.492 e. The summed E-state index contributed by atoms with van der Waals surface area (Å²) in [7, 11) is 1.11. The van der Waals surface area contributed by atoms with Gasteiger partial charge in [-0.3, -0.25) is 4.98 Å². The predicted octanol–water partition coefficient (Wildman–Crippen LogP) is 5.83. The van der Waals surface area contributed by atoms with Crippen LogP contribution in [0.15, 0.2) is 42.6 Å². The van der Waals surface area contributed by atoms with Crippen molar-refractivity contribution in [2.24, 2.45) is 0 Å². The van der Waals surface area contributed by atoms with Crippen LogP contribution in [0, 0.1) is 0 Å². The second-order valence-corrected chi connectivity index (χ2v) is 7.11. The number of unbranched alkanes of at least 4 members (excludes halogenated alkanes) is 4. The molecule has 1 aromatic carbocycles. The van der Waals surface area contributed by atoms with Gasteiger partial charge < -0.3 is 14.2 Å². The van der Waals surface area contributed by atoms with Gasteiger partial charge in [-0.05, 0) is 30.7 Å². The van der Waals surface area contributed by atoms with E-state index in [9.17, 15) is 18.0 Å². The normalized spacial score (nSPS) is 12.4. The Hall–Kier alpha value is -2.61. The highest BCUT2D eigenvalue weighted by molar-refractivity contribution is 5.90. The van der Waals surface area contributed by atoms with E-state index in [1.807, 2.05) is 6.07 Å². The van der Waals surface area contributed by atoms with Crippen LogP contribution >= 0.6 is 0 Å². The molecule has 170 valence electrons. The van der Waals surface area contributed by atoms with Gasteiger partial charge >= 0.3 is 12.1 Å². The minimum Gasteiger partial charge on any atom is -0.492 e. The van der Waals surface area contributed by atoms with E-state index in [1.165, 1.54) is 31.4 Å². The Labute approximate surface area is 180 Å². The Balaban J connectivity index is 1.91. The number of esters is 1. The smallest absolute Gasteiger partial charge is 0.427 e. The standard InChI is InChI=1S/C23H28F3NO4/c1-3-4-5-6-7-14-30-19-12-13-20(27-15-19)17-8-10-18(11-9-17)22(28)31-21(16-29-2)23(24,25)26/h8-13,15,21H,3-7,14,16H2,1-2H3. The summed E-state index contributed by atoms with van der Waals surface area (Å²) in [6.45, 7) is 2.06. The third kappa shape index (κ3) is 8.20. The number of aromatic nitrogens is 1. The lowest BCUT2D eigenvalue weighted by Gasteiger charge is -2.19. The Morgan fingerprint density at radius 3 is 2.32 bits per heavy atom. The molecular weight excluding hydrogens is 411 g/mol. The van der Waals surface area contributed by atoms with Gasteiger partial charge in [-0.25, -0.2) is 4.79 Å². The third-order valence-corrected chi connectivity index (χ3v) is 4.60. The van der Waals surface area contributed by atoms with E-state index in [4.69, 9.17) is 4.74 Å². The van der Waals surface area contributed by atoms with Gasteiger partial charge in [0.2, 0.25) is 6.10 Å². The minimum atomic E-state index is -4.70. The molecule has 1 unspecified atom stereocenters. The zero-order valence-electron chi connectivity index (χ0n) is 17.8. The van der Waals surface area contributed by atoms with Gasteiger partial charge in [0.25, 0.3) is 0 Å². The Morgan fingerprint density at radius 2 is 1.74 bits per heavy atom. The van der Waals surface area contributed by atoms with Crippen molar-refractivity contribution in [3.63, 3.8) is 0 Å². The summed E-state index contributed by atoms with van der Waals surface area (Å²) in [5.41, 5.74) is 1.38. The van der Waals surface area contributed by atoms with Crippen molar-refractivity contribution < 1.29 is 32.2 Å². The first kappa shape index (κ1) is 24.7. The molecule has 0 radical (unpaired) electrons. The van der Waals surface area contributed by atoms with Crippen LogP contribution < -0.4 is 4.74 Å². The Kier molecular flexibility index (Phi) is 9.78. The monoisotopic (exact) mass is 439 g/mol. The van der Waals surface area contributed by atoms with Gasteiger partial charge in [-0.2, -0.15) is 13.2 Å². The molecule has 0 aliphatic carbocycles. The quantitative estimate of drug-likeness (QED) is 0.308. The van der Waals surface area contributed by atoms with Crippen molar-refractivity contribution in [3.8, 4) is 17.0 Å². The van der Waals surface area contributed by atoms with Crippen molar-refractivity contribution in [3.05, 3.63) is 48.2 Å². The number of hydrogen-bond donors (Lipinski definition) is 0. The van der Waals surface area contributed by atoms with E-state index in [1.54, 1.807) is 24.4 Å². The first-order chi connectivity index (χ1) is 14.8. The number of carbonyl (C=O) groups excluding carboxylic acids is 1. The maximum absolute atomic E-state index is 12.9. The lowest BCUT2D eigenvalue weighted by Crippen LogP contribution is -2.37. The molecule has 0 saturated heterocycles. The van der Waals surface area contributed by atoms with Crippen molar-refractivity contribution in [1.82, 2.24) is 4.98 Å². The highest BCUT2D eigenvalue weighted by Gasteiger charge is 2.43. The predicted molar refractivity (Wildman–Crippen MR) is 111 cm³/mol. The SMILES string of the molecule is CCCCCCCOc1ccc(-c2ccc(C(=O)OC(COC)C(F)(F)F)cc2)nc1. The van der Waals surface area contributed by atoms with E-state index >= 15 is 0 Å². The van der Waals surface area contributed by atoms with E-state index in [0.717, 1.165) is 20.0 Å². The van der Waals surface area contributed by atoms with Gasteiger partial charge in [0, 0.05) is 12.7 Å². The van der Waals surface area contributed by atoms with Crippen LogP contribution in [0.2, 0.25) is 0 Å². The van der Waals surface area contributed by atoms with Gasteiger partial charge in [0.15, 0.2) is 0 Å². The number of pyridine rings is 1. The molecule has 1 heterocycles. The molecule has 31 heavy (non-hydrogen) atoms. The number of methoxy groups -OCH3 is 1. The molecule has 0 bridgehead atoms. The summed E-state index contributed by atoms with van der Waals surface area (Å²) in [5.74, 6) is -0.391. The van der Waals surface area contributed by atoms with Crippen molar-refractivity contribution in [1.29, 1.82) is 0 Å². The topological polar surface area (TPSA) is 57.7 Å². The molecule has 0 spiro atoms. The lowest BCUT2D eigenvalue weighted by molar-refractivity contribution is -0.215. The van der Waals surface area contributed by atoms with E-state index in [2.05, 4.69) is 21.4 Å². The maximum Gasteiger partial charge on any atom is 0.427 e. The van der Waals surface area contributed by atoms with Gasteiger partial charge in [-0.15, -0.1) is 0 Å². The highest BCUT2D eigenvalue weighted by atomic mass is 19.4. The van der Waals surface area contributed by atoms with E-state index in [0.29, 0.717) is 23.6 Å². The Bertz CT molecular complexity index is 792. The molecule has 0 amide bonds. The average Bonchev–Trinajstić information content (AvgIpc) is 2.76. The van der Waals surface area contributed by atoms with Crippen LogP contribution in [0.3, 0.4) is 0 Å². The first-order valence-corrected chi connectivity index (χ1v) is 10.3. The molecule has 1 atom stereocenters. The van der Waals surface area contributed by atoms with Crippen molar-refractivity contribution >= 4 is 5.97 Å². The van der Waals surface area contributed by atoms with Gasteiger partial charge in [0.05, 0.1) is 30.7 Å². The fourth-order valence-corrected chi connectivity index (χ4v) is 2.85. The van der Waals surface area contributed by atoms with Crippen molar-refractivity contribution in [2.75, 3.05) is 20.3 Å². The maximum atomic E-state index is 12.9. The molecule has 2 aromatic rings. The second kappa shape index (κ2) is 12.3. The van der Waals surface area contributed by atoms with Gasteiger partial charge in [0.1, 0.15) is 5.75 Å². The zero-order chi connectivity index (χ0) is 22.7. The second-order valence-electron chi connectivity index (χ2n) is 7.11. The fraction of sp³-hybridized carbons (Fsp3) is 0.478. The van der Waals surface area contributed by atoms with Crippen LogP contribution in [-0.4, -0.2) is 43.6 Å². The number of nitrogens with zero attached hydrogens (tertiary/aromatic N) is 1. The number of rotatable bonds is 12. The molecule has 0 fully saturated rings. The molecular formula is C23H28F3NO4.